The Balaban J connectivity index is 1.79. The van der Waals surface area contributed by atoms with E-state index in [-0.39, 0.29) is 0 Å². The van der Waals surface area contributed by atoms with Crippen LogP contribution in [0.5, 0.6) is 0 Å². The maximum absolute atomic E-state index is 11.6. The highest BCUT2D eigenvalue weighted by atomic mass is 35.5. The maximum atomic E-state index is 11.6. The van der Waals surface area contributed by atoms with E-state index in [1.165, 1.54) is 0 Å². The van der Waals surface area contributed by atoms with Crippen LogP contribution < -0.4 is 5.32 Å². The Hall–Kier alpha value is -1.71. The van der Waals surface area contributed by atoms with Crippen molar-refractivity contribution in [2.75, 3.05) is 11.9 Å². The van der Waals surface area contributed by atoms with Crippen LogP contribution in [0.4, 0.5) is 10.5 Å². The van der Waals surface area contributed by atoms with Crippen LogP contribution in [0.15, 0.2) is 48.5 Å². The molecule has 0 radical (unpaired) electrons. The first-order chi connectivity index (χ1) is 9.65. The molecule has 0 unspecified atom stereocenters. The first-order valence-corrected chi connectivity index (χ1v) is 6.83. The number of nitrogens with one attached hydrogen (secondary N) is 1. The summed E-state index contributed by atoms with van der Waals surface area (Å²) in [4.78, 5) is 11.6. The van der Waals surface area contributed by atoms with Gasteiger partial charge in [0.1, 0.15) is 0 Å². The third-order valence-electron chi connectivity index (χ3n) is 2.63. The first-order valence-electron chi connectivity index (χ1n) is 6.08. The molecule has 0 aliphatic carbocycles. The number of rotatable bonds is 4. The van der Waals surface area contributed by atoms with Gasteiger partial charge in [-0.1, -0.05) is 53.5 Å². The van der Waals surface area contributed by atoms with Gasteiger partial charge >= 0.3 is 6.09 Å². The first kappa shape index (κ1) is 14.7. The molecular weight excluding hydrogens is 297 g/mol. The van der Waals surface area contributed by atoms with E-state index in [9.17, 15) is 4.79 Å². The molecule has 0 bridgehead atoms. The number of halogens is 2. The number of benzene rings is 2. The molecule has 3 nitrogen and oxygen atoms in total. The van der Waals surface area contributed by atoms with Crippen molar-refractivity contribution >= 4 is 35.0 Å². The summed E-state index contributed by atoms with van der Waals surface area (Å²) in [7, 11) is 0. The van der Waals surface area contributed by atoms with Gasteiger partial charge in [0.2, 0.25) is 0 Å². The molecule has 104 valence electrons. The van der Waals surface area contributed by atoms with E-state index in [1.54, 1.807) is 18.2 Å². The molecule has 2 aromatic carbocycles. The Morgan fingerprint density at radius 1 is 1.05 bits per heavy atom. The highest BCUT2D eigenvalue weighted by molar-refractivity contribution is 6.42. The number of hydrogen-bond acceptors (Lipinski definition) is 2. The SMILES string of the molecule is O=C(Nc1ccc(Cl)c(Cl)c1)OCCc1ccccc1. The monoisotopic (exact) mass is 309 g/mol. The minimum Gasteiger partial charge on any atom is -0.449 e. The van der Waals surface area contributed by atoms with Gasteiger partial charge in [-0.3, -0.25) is 5.32 Å². The minimum absolute atomic E-state index is 0.317. The van der Waals surface area contributed by atoms with Crippen LogP contribution >= 0.6 is 23.2 Å². The van der Waals surface area contributed by atoms with Crippen LogP contribution in [0.3, 0.4) is 0 Å². The van der Waals surface area contributed by atoms with E-state index >= 15 is 0 Å². The molecule has 0 aliphatic rings. The van der Waals surface area contributed by atoms with Crippen molar-refractivity contribution in [2.24, 2.45) is 0 Å². The number of carbonyl (C=O) groups is 1. The largest absolute Gasteiger partial charge is 0.449 e. The van der Waals surface area contributed by atoms with Gasteiger partial charge in [0.25, 0.3) is 0 Å². The van der Waals surface area contributed by atoms with Crippen molar-refractivity contribution < 1.29 is 9.53 Å². The number of amides is 1. The van der Waals surface area contributed by atoms with Gasteiger partial charge < -0.3 is 4.74 Å². The lowest BCUT2D eigenvalue weighted by Crippen LogP contribution is -2.15. The fourth-order valence-electron chi connectivity index (χ4n) is 1.63. The third kappa shape index (κ3) is 4.44. The fraction of sp³-hybridized carbons (Fsp3) is 0.133. The topological polar surface area (TPSA) is 38.3 Å². The Bertz CT molecular complexity index is 588. The van der Waals surface area contributed by atoms with Crippen molar-refractivity contribution in [3.05, 3.63) is 64.1 Å². The zero-order chi connectivity index (χ0) is 14.4. The Labute approximate surface area is 127 Å². The van der Waals surface area contributed by atoms with Gasteiger partial charge in [-0.05, 0) is 23.8 Å². The van der Waals surface area contributed by atoms with E-state index in [0.717, 1.165) is 5.56 Å². The second-order valence-electron chi connectivity index (χ2n) is 4.13. The van der Waals surface area contributed by atoms with Crippen LogP contribution in [0.1, 0.15) is 5.56 Å². The highest BCUT2D eigenvalue weighted by Crippen LogP contribution is 2.24. The molecule has 0 spiro atoms. The highest BCUT2D eigenvalue weighted by Gasteiger charge is 2.05. The average molecular weight is 310 g/mol. The van der Waals surface area contributed by atoms with Crippen molar-refractivity contribution in [1.29, 1.82) is 0 Å². The van der Waals surface area contributed by atoms with Crippen LogP contribution in [0.2, 0.25) is 10.0 Å². The summed E-state index contributed by atoms with van der Waals surface area (Å²) < 4.78 is 5.09. The van der Waals surface area contributed by atoms with Crippen LogP contribution in [-0.2, 0) is 11.2 Å². The quantitative estimate of drug-likeness (QED) is 0.882. The lowest BCUT2D eigenvalue weighted by atomic mass is 10.2. The zero-order valence-electron chi connectivity index (χ0n) is 10.6. The second kappa shape index (κ2) is 7.17. The van der Waals surface area contributed by atoms with Crippen molar-refractivity contribution in [3.63, 3.8) is 0 Å². The second-order valence-corrected chi connectivity index (χ2v) is 4.94. The standard InChI is InChI=1S/C15H13Cl2NO2/c16-13-7-6-12(10-14(13)17)18-15(19)20-9-8-11-4-2-1-3-5-11/h1-7,10H,8-9H2,(H,18,19). The van der Waals surface area contributed by atoms with E-state index in [0.29, 0.717) is 28.8 Å². The molecular formula is C15H13Cl2NO2. The normalized spacial score (nSPS) is 10.1. The van der Waals surface area contributed by atoms with E-state index in [2.05, 4.69) is 5.32 Å². The average Bonchev–Trinajstić information content (AvgIpc) is 2.44. The molecule has 0 fully saturated rings. The number of hydrogen-bond donors (Lipinski definition) is 1. The summed E-state index contributed by atoms with van der Waals surface area (Å²) in [5.74, 6) is 0. The smallest absolute Gasteiger partial charge is 0.411 e. The Kier molecular flexibility index (Phi) is 5.27. The van der Waals surface area contributed by atoms with Crippen molar-refractivity contribution in [2.45, 2.75) is 6.42 Å². The summed E-state index contributed by atoms with van der Waals surface area (Å²) in [5.41, 5.74) is 1.67. The predicted octanol–water partition coefficient (Wildman–Crippen LogP) is 4.78. The lowest BCUT2D eigenvalue weighted by molar-refractivity contribution is 0.163. The Morgan fingerprint density at radius 2 is 1.80 bits per heavy atom. The molecule has 2 aromatic rings. The molecule has 0 atom stereocenters. The molecule has 1 N–H and O–H groups in total. The van der Waals surface area contributed by atoms with Gasteiger partial charge in [0.05, 0.1) is 16.7 Å². The molecule has 1 amide bonds. The van der Waals surface area contributed by atoms with Crippen LogP contribution in [-0.4, -0.2) is 12.7 Å². The summed E-state index contributed by atoms with van der Waals surface area (Å²) in [6.45, 7) is 0.317. The van der Waals surface area contributed by atoms with E-state index in [1.807, 2.05) is 30.3 Å². The molecule has 0 heterocycles. The molecule has 20 heavy (non-hydrogen) atoms. The predicted molar refractivity (Wildman–Crippen MR) is 81.6 cm³/mol. The third-order valence-corrected chi connectivity index (χ3v) is 3.37. The van der Waals surface area contributed by atoms with Gasteiger partial charge in [-0.25, -0.2) is 4.79 Å². The lowest BCUT2D eigenvalue weighted by Gasteiger charge is -2.07. The van der Waals surface area contributed by atoms with E-state index < -0.39 is 6.09 Å². The van der Waals surface area contributed by atoms with E-state index in [4.69, 9.17) is 27.9 Å². The van der Waals surface area contributed by atoms with Gasteiger partial charge in [0.15, 0.2) is 0 Å². The van der Waals surface area contributed by atoms with Crippen molar-refractivity contribution in [1.82, 2.24) is 0 Å². The number of carbonyl (C=O) groups excluding carboxylic acids is 1. The summed E-state index contributed by atoms with van der Waals surface area (Å²) in [5, 5.41) is 3.41. The molecule has 0 aromatic heterocycles. The molecule has 0 saturated carbocycles. The molecule has 2 rings (SSSR count). The molecule has 0 saturated heterocycles. The Morgan fingerprint density at radius 3 is 2.50 bits per heavy atom. The number of ether oxygens (including phenoxy) is 1. The van der Waals surface area contributed by atoms with Gasteiger partial charge in [-0.2, -0.15) is 0 Å². The summed E-state index contributed by atoms with van der Waals surface area (Å²) >= 11 is 11.7. The molecule has 5 heteroatoms. The fourth-order valence-corrected chi connectivity index (χ4v) is 1.93. The summed E-state index contributed by atoms with van der Waals surface area (Å²) in [6.07, 6.45) is 0.162. The van der Waals surface area contributed by atoms with Crippen LogP contribution in [0, 0.1) is 0 Å². The minimum atomic E-state index is -0.515. The summed E-state index contributed by atoms with van der Waals surface area (Å²) in [6, 6.07) is 14.7. The number of anilines is 1. The van der Waals surface area contributed by atoms with Gasteiger partial charge in [-0.15, -0.1) is 0 Å². The maximum Gasteiger partial charge on any atom is 0.411 e. The van der Waals surface area contributed by atoms with Crippen LogP contribution in [0.25, 0.3) is 0 Å². The zero-order valence-corrected chi connectivity index (χ0v) is 12.1. The molecule has 0 aliphatic heterocycles. The van der Waals surface area contributed by atoms with Gasteiger partial charge in [0, 0.05) is 12.1 Å². The van der Waals surface area contributed by atoms with Crippen molar-refractivity contribution in [3.8, 4) is 0 Å².